The maximum atomic E-state index is 6.34. The molecule has 12 aliphatic rings. The topological polar surface area (TPSA) is 22.2 Å². The number of benzene rings is 5. The minimum atomic E-state index is 0.0993. The molecule has 4 aliphatic carbocycles. The van der Waals surface area contributed by atoms with Crippen LogP contribution in [0.15, 0.2) is 188 Å². The molecule has 5 aromatic carbocycles. The fraction of sp³-hybridized carbons (Fsp3) is 0.395. The van der Waals surface area contributed by atoms with Crippen LogP contribution in [0.4, 0.5) is 0 Å². The van der Waals surface area contributed by atoms with E-state index in [4.69, 9.17) is 4.74 Å². The Kier molecular flexibility index (Phi) is 13.0. The van der Waals surface area contributed by atoms with Crippen molar-refractivity contribution in [1.82, 2.24) is 19.6 Å². The highest BCUT2D eigenvalue weighted by Crippen LogP contribution is 2.57. The molecule has 0 radical (unpaired) electrons. The number of nitrogens with zero attached hydrogens (tertiary/aromatic N) is 4. The van der Waals surface area contributed by atoms with Gasteiger partial charge < -0.3 is 4.74 Å². The highest BCUT2D eigenvalue weighted by atomic mass is 16.5. The first-order valence-corrected chi connectivity index (χ1v) is 30.7. The molecular weight excluding hydrogens is 985 g/mol. The quantitative estimate of drug-likeness (QED) is 0.179. The van der Waals surface area contributed by atoms with E-state index >= 15 is 0 Å². The number of aryl methyl sites for hydroxylation is 5. The van der Waals surface area contributed by atoms with Gasteiger partial charge in [0.1, 0.15) is 12.4 Å². The number of hydrogen-bond acceptors (Lipinski definition) is 5. The first-order valence-electron chi connectivity index (χ1n) is 30.7. The van der Waals surface area contributed by atoms with Gasteiger partial charge in [0.05, 0.1) is 0 Å². The first-order chi connectivity index (χ1) is 39.1. The third-order valence-electron chi connectivity index (χ3n) is 22.2. The molecule has 5 heteroatoms. The summed E-state index contributed by atoms with van der Waals surface area (Å²) in [6.07, 6.45) is 28.3. The van der Waals surface area contributed by atoms with Gasteiger partial charge >= 0.3 is 0 Å². The van der Waals surface area contributed by atoms with Crippen molar-refractivity contribution in [3.05, 3.63) is 266 Å². The first kappa shape index (κ1) is 52.7. The average molecular weight is 1070 g/mol. The van der Waals surface area contributed by atoms with E-state index in [0.29, 0.717) is 30.8 Å². The number of hydrogen-bond donors (Lipinski definition) is 0. The van der Waals surface area contributed by atoms with Crippen molar-refractivity contribution in [3.63, 3.8) is 0 Å². The van der Waals surface area contributed by atoms with Crippen LogP contribution in [-0.4, -0.2) is 69.9 Å². The van der Waals surface area contributed by atoms with E-state index < -0.39 is 0 Å². The molecule has 5 aromatic rings. The SMILES string of the molecule is C=C1C=C[C@]23CCN(Cc4cc(C)c(C)cc42)[C@H]3C1.C=C1C=C[C@]23CCN(Cc4cc(C)c(C)cc42)[C@H]3C1.C=C1C=C[C@]23CCN(Cc4cc(C)ccc42)[C@H]3C1.C=C1C=C[C@]23CCN(Cc4cccc(OCc5ccccc5)c42)[C@H]3C1. The van der Waals surface area contributed by atoms with Gasteiger partial charge in [0.2, 0.25) is 0 Å². The summed E-state index contributed by atoms with van der Waals surface area (Å²) in [6, 6.07) is 36.3. The van der Waals surface area contributed by atoms with Gasteiger partial charge in [0, 0.05) is 104 Å². The summed E-state index contributed by atoms with van der Waals surface area (Å²) in [5.41, 5.74) is 26.6. The monoisotopic (exact) mass is 1070 g/mol. The second kappa shape index (κ2) is 19.9. The molecule has 0 aromatic heterocycles. The van der Waals surface area contributed by atoms with Crippen molar-refractivity contribution in [2.45, 2.75) is 165 Å². The van der Waals surface area contributed by atoms with Gasteiger partial charge in [0.15, 0.2) is 0 Å². The van der Waals surface area contributed by atoms with Crippen molar-refractivity contribution in [3.8, 4) is 5.75 Å². The van der Waals surface area contributed by atoms with Gasteiger partial charge in [-0.05, 0) is 159 Å². The molecule has 0 saturated carbocycles. The van der Waals surface area contributed by atoms with E-state index in [9.17, 15) is 0 Å². The normalized spacial score (nSPS) is 33.6. The van der Waals surface area contributed by atoms with Crippen LogP contribution in [-0.2, 0) is 54.4 Å². The lowest BCUT2D eigenvalue weighted by atomic mass is 9.66. The van der Waals surface area contributed by atoms with Crippen LogP contribution >= 0.6 is 0 Å². The second-order valence-electron chi connectivity index (χ2n) is 26.8. The maximum Gasteiger partial charge on any atom is 0.124 e. The molecule has 414 valence electrons. The summed E-state index contributed by atoms with van der Waals surface area (Å²) < 4.78 is 6.34. The van der Waals surface area contributed by atoms with Gasteiger partial charge in [-0.15, -0.1) is 0 Å². The summed E-state index contributed by atoms with van der Waals surface area (Å²) in [4.78, 5) is 10.6. The molecule has 4 fully saturated rings. The maximum absolute atomic E-state index is 6.34. The highest BCUT2D eigenvalue weighted by Gasteiger charge is 2.56. The number of rotatable bonds is 3. The van der Waals surface area contributed by atoms with Crippen molar-refractivity contribution >= 4 is 0 Å². The summed E-state index contributed by atoms with van der Waals surface area (Å²) in [7, 11) is 0. The second-order valence-corrected chi connectivity index (χ2v) is 26.8. The fourth-order valence-corrected chi connectivity index (χ4v) is 17.8. The van der Waals surface area contributed by atoms with E-state index in [-0.39, 0.29) is 21.7 Å². The molecule has 4 saturated heterocycles. The Labute approximate surface area is 484 Å². The lowest BCUT2D eigenvalue weighted by Crippen LogP contribution is -2.47. The zero-order valence-corrected chi connectivity index (χ0v) is 49.1. The highest BCUT2D eigenvalue weighted by molar-refractivity contribution is 5.57. The zero-order valence-electron chi connectivity index (χ0n) is 49.1. The Balaban J connectivity index is 0.0000000978. The standard InChI is InChI=1S/C23H23NO.2C18H21N.C17H19N/c1-17-10-11-23-12-13-24(21(23)14-17)15-19-8-5-9-20(22(19)23)25-16-18-6-3-2-4-7-18;2*1-12-4-5-18-6-7-19(17(18)8-12)11-15-9-13(2)14(3)10-16(15)18;1-12-3-4-15-14(9-12)11-18-8-7-17(15)6-5-13(2)10-16(17)18/h2-11,21H,1,12-16H2;2*4-5,9-10,17H,1,6-8,11H2,2-3H3;3-6,9,16H,2,7-8,10-11H2,1H3/t21-,23+;2*17-,18-;16-,17-/m0000/s1. The van der Waals surface area contributed by atoms with E-state index in [1.165, 1.54) is 112 Å². The summed E-state index contributed by atoms with van der Waals surface area (Å²) in [5, 5.41) is 0. The molecule has 5 nitrogen and oxygen atoms in total. The number of allylic oxidation sites excluding steroid dienone is 4. The van der Waals surface area contributed by atoms with E-state index in [1.54, 1.807) is 33.4 Å². The Bertz CT molecular complexity index is 3460. The minimum absolute atomic E-state index is 0.0993. The van der Waals surface area contributed by atoms with Crippen LogP contribution in [0.5, 0.6) is 5.75 Å². The predicted molar refractivity (Wildman–Crippen MR) is 334 cm³/mol. The van der Waals surface area contributed by atoms with Gasteiger partial charge in [0.25, 0.3) is 0 Å². The molecular formula is C76H84N4O. The Morgan fingerprint density at radius 2 is 0.827 bits per heavy atom. The largest absolute Gasteiger partial charge is 0.489 e. The van der Waals surface area contributed by atoms with Gasteiger partial charge in [-0.2, -0.15) is 0 Å². The third-order valence-corrected chi connectivity index (χ3v) is 22.2. The summed E-state index contributed by atoms with van der Waals surface area (Å²) in [5.74, 6) is 1.06. The van der Waals surface area contributed by atoms with Gasteiger partial charge in [-0.1, -0.05) is 188 Å². The van der Waals surface area contributed by atoms with Gasteiger partial charge in [-0.3, -0.25) is 19.6 Å². The van der Waals surface area contributed by atoms with Crippen LogP contribution in [0.2, 0.25) is 0 Å². The zero-order chi connectivity index (χ0) is 55.6. The lowest BCUT2D eigenvalue weighted by molar-refractivity contribution is 0.187. The van der Waals surface area contributed by atoms with E-state index in [2.05, 4.69) is 214 Å². The predicted octanol–water partition coefficient (Wildman–Crippen LogP) is 15.2. The Hall–Kier alpha value is -6.34. The minimum Gasteiger partial charge on any atom is -0.489 e. The Morgan fingerprint density at radius 1 is 0.420 bits per heavy atom. The molecule has 0 N–H and O–H groups in total. The van der Waals surface area contributed by atoms with Crippen LogP contribution < -0.4 is 4.74 Å². The fourth-order valence-electron chi connectivity index (χ4n) is 17.8. The number of fused-ring (bicyclic) bond motifs is 4. The van der Waals surface area contributed by atoms with E-state index in [1.807, 2.05) is 6.07 Å². The van der Waals surface area contributed by atoms with Crippen LogP contribution in [0.3, 0.4) is 0 Å². The molecule has 4 unspecified atom stereocenters. The van der Waals surface area contributed by atoms with Crippen LogP contribution in [0, 0.1) is 34.6 Å². The summed E-state index contributed by atoms with van der Waals surface area (Å²) >= 11 is 0. The average Bonchev–Trinajstić information content (AvgIpc) is 3.27. The molecule has 8 heterocycles. The molecule has 17 rings (SSSR count). The molecule has 81 heavy (non-hydrogen) atoms. The smallest absolute Gasteiger partial charge is 0.124 e. The molecule has 8 bridgehead atoms. The van der Waals surface area contributed by atoms with Crippen molar-refractivity contribution < 1.29 is 4.74 Å². The third kappa shape index (κ3) is 8.61. The van der Waals surface area contributed by atoms with Crippen molar-refractivity contribution in [1.29, 1.82) is 0 Å². The number of ether oxygens (including phenoxy) is 1. The molecule has 0 spiro atoms. The molecule has 12 atom stereocenters. The molecule has 0 amide bonds. The van der Waals surface area contributed by atoms with Crippen molar-refractivity contribution in [2.24, 2.45) is 0 Å². The Morgan fingerprint density at radius 3 is 1.32 bits per heavy atom. The van der Waals surface area contributed by atoms with Crippen LogP contribution in [0.25, 0.3) is 0 Å². The van der Waals surface area contributed by atoms with E-state index in [0.717, 1.165) is 64.2 Å². The van der Waals surface area contributed by atoms with Crippen molar-refractivity contribution in [2.75, 3.05) is 26.2 Å². The lowest BCUT2D eigenvalue weighted by Gasteiger charge is -2.45. The summed E-state index contributed by atoms with van der Waals surface area (Å²) in [6.45, 7) is 37.8. The van der Waals surface area contributed by atoms with Crippen LogP contribution in [0.1, 0.15) is 129 Å². The molecule has 8 aliphatic heterocycles. The van der Waals surface area contributed by atoms with Gasteiger partial charge in [-0.25, -0.2) is 0 Å².